The second-order valence-electron chi connectivity index (χ2n) is 9.07. The molecule has 3 aliphatic rings. The summed E-state index contributed by atoms with van der Waals surface area (Å²) in [5.74, 6) is -0.367. The number of rotatable bonds is 4. The average Bonchev–Trinajstić information content (AvgIpc) is 3.52. The molecular weight excluding hydrogens is 376 g/mol. The molecule has 30 heavy (non-hydrogen) atoms. The number of carbonyl (C=O) groups is 1. The van der Waals surface area contributed by atoms with E-state index in [1.165, 1.54) is 25.7 Å². The van der Waals surface area contributed by atoms with Crippen LogP contribution < -0.4 is 15.5 Å². The van der Waals surface area contributed by atoms with Crippen molar-refractivity contribution in [2.24, 2.45) is 11.1 Å². The van der Waals surface area contributed by atoms with Gasteiger partial charge in [0.2, 0.25) is 0 Å². The van der Waals surface area contributed by atoms with Crippen molar-refractivity contribution >= 4 is 17.3 Å². The molecule has 2 N–H and O–H groups in total. The molecule has 5 rings (SSSR count). The maximum Gasteiger partial charge on any atom is 0.250 e. The van der Waals surface area contributed by atoms with Crippen LogP contribution >= 0.6 is 0 Å². The molecule has 3 fully saturated rings. The number of nitrogens with zero attached hydrogens (tertiary/aromatic N) is 3. The topological polar surface area (TPSA) is 71.7 Å². The molecule has 3 heterocycles. The summed E-state index contributed by atoms with van der Waals surface area (Å²) in [6, 6.07) is 8.04. The number of ether oxygens (including phenoxy) is 1. The van der Waals surface area contributed by atoms with E-state index in [2.05, 4.69) is 27.8 Å². The molecule has 1 unspecified atom stereocenters. The number of morpholine rings is 1. The first-order valence-electron chi connectivity index (χ1n) is 11.1. The molecule has 2 saturated heterocycles. The van der Waals surface area contributed by atoms with E-state index in [1.807, 2.05) is 30.6 Å². The maximum atomic E-state index is 12.5. The van der Waals surface area contributed by atoms with Crippen molar-refractivity contribution in [1.29, 1.82) is 0 Å². The minimum Gasteiger partial charge on any atom is -0.375 e. The fourth-order valence-electron chi connectivity index (χ4n) is 5.09. The highest BCUT2D eigenvalue weighted by Gasteiger charge is 2.45. The Balaban J connectivity index is 1.65. The lowest BCUT2D eigenvalue weighted by Gasteiger charge is -2.39. The molecule has 0 radical (unpaired) electrons. The standard InChI is InChI=1S/C24H30N4O2/c1-17-16-28(14-15-30-17)20-3-2-19(23(25)29)22(21(20)18-4-10-26-11-5-18)27-12-8-24(6-7-24)9-13-27/h2-5,10-11,17H,6-9,12-16H2,1H3,(H2,25,29). The Morgan fingerprint density at radius 2 is 1.80 bits per heavy atom. The van der Waals surface area contributed by atoms with Crippen molar-refractivity contribution in [3.05, 3.63) is 42.2 Å². The van der Waals surface area contributed by atoms with E-state index >= 15 is 0 Å². The van der Waals surface area contributed by atoms with Crippen LogP contribution in [0.15, 0.2) is 36.7 Å². The van der Waals surface area contributed by atoms with Gasteiger partial charge in [0, 0.05) is 49.8 Å². The summed E-state index contributed by atoms with van der Waals surface area (Å²) in [6.45, 7) is 6.42. The number of nitrogens with two attached hydrogens (primary N) is 1. The van der Waals surface area contributed by atoms with Crippen molar-refractivity contribution < 1.29 is 9.53 Å². The molecule has 6 nitrogen and oxygen atoms in total. The van der Waals surface area contributed by atoms with Gasteiger partial charge in [-0.25, -0.2) is 0 Å². The van der Waals surface area contributed by atoms with E-state index in [1.54, 1.807) is 0 Å². The summed E-state index contributed by atoms with van der Waals surface area (Å²) >= 11 is 0. The van der Waals surface area contributed by atoms with Crippen molar-refractivity contribution in [2.45, 2.75) is 38.7 Å². The van der Waals surface area contributed by atoms with Crippen LogP contribution in [0.2, 0.25) is 0 Å². The van der Waals surface area contributed by atoms with Crippen LogP contribution in [0.1, 0.15) is 43.0 Å². The molecule has 6 heteroatoms. The molecule has 1 aromatic carbocycles. The van der Waals surface area contributed by atoms with Gasteiger partial charge < -0.3 is 20.3 Å². The lowest BCUT2D eigenvalue weighted by molar-refractivity contribution is 0.0532. The third kappa shape index (κ3) is 3.54. The van der Waals surface area contributed by atoms with Crippen molar-refractivity contribution in [2.75, 3.05) is 42.6 Å². The lowest BCUT2D eigenvalue weighted by atomic mass is 9.90. The van der Waals surface area contributed by atoms with Crippen molar-refractivity contribution in [3.63, 3.8) is 0 Å². The van der Waals surface area contributed by atoms with E-state index in [9.17, 15) is 4.79 Å². The number of primary amides is 1. The number of aromatic nitrogens is 1. The second kappa shape index (κ2) is 7.58. The number of carbonyl (C=O) groups excluding carboxylic acids is 1. The Hall–Kier alpha value is -2.60. The smallest absolute Gasteiger partial charge is 0.250 e. The van der Waals surface area contributed by atoms with Gasteiger partial charge in [-0.3, -0.25) is 9.78 Å². The second-order valence-corrected chi connectivity index (χ2v) is 9.07. The third-order valence-electron chi connectivity index (χ3n) is 7.07. The number of hydrogen-bond donors (Lipinski definition) is 1. The monoisotopic (exact) mass is 406 g/mol. The van der Waals surface area contributed by atoms with E-state index in [-0.39, 0.29) is 12.0 Å². The largest absolute Gasteiger partial charge is 0.375 e. The summed E-state index contributed by atoms with van der Waals surface area (Å²) in [7, 11) is 0. The first-order chi connectivity index (χ1) is 14.6. The molecule has 1 saturated carbocycles. The van der Waals surface area contributed by atoms with Gasteiger partial charge in [0.1, 0.15) is 0 Å². The highest BCUT2D eigenvalue weighted by Crippen LogP contribution is 2.55. The highest BCUT2D eigenvalue weighted by molar-refractivity contribution is 6.05. The average molecular weight is 407 g/mol. The molecule has 1 spiro atoms. The summed E-state index contributed by atoms with van der Waals surface area (Å²) in [4.78, 5) is 21.5. The molecule has 2 aromatic rings. The minimum atomic E-state index is -0.367. The van der Waals surface area contributed by atoms with Gasteiger partial charge in [0.15, 0.2) is 0 Å². The van der Waals surface area contributed by atoms with Crippen LogP contribution in [0, 0.1) is 5.41 Å². The Labute approximate surface area is 178 Å². The van der Waals surface area contributed by atoms with Crippen molar-refractivity contribution in [3.8, 4) is 11.1 Å². The predicted molar refractivity (Wildman–Crippen MR) is 119 cm³/mol. The maximum absolute atomic E-state index is 12.5. The zero-order valence-electron chi connectivity index (χ0n) is 17.6. The van der Waals surface area contributed by atoms with Crippen LogP contribution in [-0.4, -0.2) is 49.8 Å². The Morgan fingerprint density at radius 1 is 1.07 bits per heavy atom. The summed E-state index contributed by atoms with van der Waals surface area (Å²) in [5.41, 5.74) is 11.3. The van der Waals surface area contributed by atoms with Crippen LogP contribution in [0.5, 0.6) is 0 Å². The summed E-state index contributed by atoms with van der Waals surface area (Å²) in [6.07, 6.45) is 8.90. The van der Waals surface area contributed by atoms with Gasteiger partial charge in [-0.1, -0.05) is 0 Å². The third-order valence-corrected chi connectivity index (χ3v) is 7.07. The number of anilines is 2. The SMILES string of the molecule is CC1CN(c2ccc(C(N)=O)c(N3CCC4(CC3)CC4)c2-c2ccncc2)CCO1. The van der Waals surface area contributed by atoms with Gasteiger partial charge in [-0.15, -0.1) is 0 Å². The Kier molecular flexibility index (Phi) is 4.89. The Bertz CT molecular complexity index is 932. The number of benzene rings is 1. The summed E-state index contributed by atoms with van der Waals surface area (Å²) < 4.78 is 5.78. The van der Waals surface area contributed by atoms with E-state index in [4.69, 9.17) is 10.5 Å². The Morgan fingerprint density at radius 3 is 2.43 bits per heavy atom. The molecule has 1 aliphatic carbocycles. The van der Waals surface area contributed by atoms with E-state index in [0.717, 1.165) is 48.7 Å². The predicted octanol–water partition coefficient (Wildman–Crippen LogP) is 3.45. The number of hydrogen-bond acceptors (Lipinski definition) is 5. The van der Waals surface area contributed by atoms with E-state index in [0.29, 0.717) is 17.6 Å². The van der Waals surface area contributed by atoms with E-state index < -0.39 is 0 Å². The van der Waals surface area contributed by atoms with Crippen LogP contribution in [-0.2, 0) is 4.74 Å². The van der Waals surface area contributed by atoms with Crippen LogP contribution in [0.25, 0.3) is 11.1 Å². The van der Waals surface area contributed by atoms with Gasteiger partial charge >= 0.3 is 0 Å². The molecule has 1 aromatic heterocycles. The zero-order valence-corrected chi connectivity index (χ0v) is 17.6. The van der Waals surface area contributed by atoms with Crippen LogP contribution in [0.4, 0.5) is 11.4 Å². The van der Waals surface area contributed by atoms with Gasteiger partial charge in [-0.2, -0.15) is 0 Å². The lowest BCUT2D eigenvalue weighted by Crippen LogP contribution is -2.42. The first-order valence-corrected chi connectivity index (χ1v) is 11.1. The normalized spacial score (nSPS) is 22.9. The van der Waals surface area contributed by atoms with Gasteiger partial charge in [0.05, 0.1) is 24.0 Å². The molecular formula is C24H30N4O2. The molecule has 0 bridgehead atoms. The number of pyridine rings is 1. The van der Waals surface area contributed by atoms with Gasteiger partial charge in [0.25, 0.3) is 5.91 Å². The minimum absolute atomic E-state index is 0.174. The summed E-state index contributed by atoms with van der Waals surface area (Å²) in [5, 5.41) is 0. The van der Waals surface area contributed by atoms with Crippen molar-refractivity contribution in [1.82, 2.24) is 4.98 Å². The fourth-order valence-corrected chi connectivity index (χ4v) is 5.09. The number of piperidine rings is 1. The quantitative estimate of drug-likeness (QED) is 0.842. The van der Waals surface area contributed by atoms with Gasteiger partial charge in [-0.05, 0) is 67.9 Å². The molecule has 2 aliphatic heterocycles. The highest BCUT2D eigenvalue weighted by atomic mass is 16.5. The van der Waals surface area contributed by atoms with Crippen LogP contribution in [0.3, 0.4) is 0 Å². The molecule has 1 amide bonds. The first kappa shape index (κ1) is 19.4. The number of amides is 1. The molecule has 1 atom stereocenters. The zero-order chi connectivity index (χ0) is 20.7. The molecule has 158 valence electrons. The fraction of sp³-hybridized carbons (Fsp3) is 0.500.